The highest BCUT2D eigenvalue weighted by Crippen LogP contribution is 2.39. The molecule has 0 saturated carbocycles. The smallest absolute Gasteiger partial charge is 0.405 e. The van der Waals surface area contributed by atoms with Crippen molar-refractivity contribution in [1.29, 1.82) is 0 Å². The molecule has 0 aromatic carbocycles. The molecule has 1 fully saturated rings. The molecule has 15 heteroatoms. The lowest BCUT2D eigenvalue weighted by Crippen LogP contribution is -2.48. The summed E-state index contributed by atoms with van der Waals surface area (Å²) in [5, 5.41) is 22.5. The number of ether oxygens (including phenoxy) is 1. The summed E-state index contributed by atoms with van der Waals surface area (Å²) in [6.45, 7) is -0.982. The van der Waals surface area contributed by atoms with Gasteiger partial charge in [-0.05, 0) is 18.6 Å². The molecule has 1 unspecified atom stereocenters. The number of carbonyl (C=O) groups is 2. The second-order valence-electron chi connectivity index (χ2n) is 7.91. The van der Waals surface area contributed by atoms with E-state index in [1.165, 1.54) is 23.4 Å². The van der Waals surface area contributed by atoms with Crippen molar-refractivity contribution >= 4 is 29.3 Å². The Morgan fingerprint density at radius 3 is 2.74 bits per heavy atom. The maximum Gasteiger partial charge on any atom is 0.405 e. The van der Waals surface area contributed by atoms with Crippen molar-refractivity contribution in [3.05, 3.63) is 30.2 Å². The molecule has 2 aliphatic rings. The highest BCUT2D eigenvalue weighted by Gasteiger charge is 2.40. The second kappa shape index (κ2) is 9.87. The Morgan fingerprint density at radius 1 is 1.26 bits per heavy atom. The number of nitrogens with one attached hydrogen (secondary N) is 2. The van der Waals surface area contributed by atoms with Gasteiger partial charge in [-0.1, -0.05) is 0 Å². The third-order valence-corrected chi connectivity index (χ3v) is 5.35. The molecule has 4 rings (SSSR count). The number of aromatic nitrogens is 3. The number of hydrogen-bond acceptors (Lipinski definition) is 9. The largest absolute Gasteiger partial charge is 0.474 e. The van der Waals surface area contributed by atoms with Gasteiger partial charge in [-0.25, -0.2) is 19.7 Å². The summed E-state index contributed by atoms with van der Waals surface area (Å²) in [4.78, 5) is 40.9. The van der Waals surface area contributed by atoms with Crippen LogP contribution in [0.3, 0.4) is 0 Å². The summed E-state index contributed by atoms with van der Waals surface area (Å²) >= 11 is 0. The van der Waals surface area contributed by atoms with Gasteiger partial charge in [0.2, 0.25) is 5.88 Å². The van der Waals surface area contributed by atoms with Crippen LogP contribution in [0.15, 0.2) is 24.5 Å². The van der Waals surface area contributed by atoms with E-state index in [9.17, 15) is 27.9 Å². The first-order valence-corrected chi connectivity index (χ1v) is 10.6. The van der Waals surface area contributed by atoms with Gasteiger partial charge in [0.1, 0.15) is 24.9 Å². The van der Waals surface area contributed by atoms with E-state index in [1.807, 2.05) is 4.90 Å². The molecule has 4 N–H and O–H groups in total. The Balaban J connectivity index is 1.50. The number of amides is 3. The van der Waals surface area contributed by atoms with E-state index in [0.29, 0.717) is 25.2 Å². The number of aliphatic hydroxyl groups is 2. The van der Waals surface area contributed by atoms with Crippen molar-refractivity contribution in [3.8, 4) is 5.88 Å². The Labute approximate surface area is 196 Å². The fourth-order valence-electron chi connectivity index (χ4n) is 3.73. The quantitative estimate of drug-likeness (QED) is 0.429. The number of aliphatic hydroxyl groups excluding tert-OH is 2. The van der Waals surface area contributed by atoms with Crippen molar-refractivity contribution in [2.75, 3.05) is 48.0 Å². The summed E-state index contributed by atoms with van der Waals surface area (Å²) < 4.78 is 42.6. The lowest BCUT2D eigenvalue weighted by Gasteiger charge is -2.35. The predicted molar refractivity (Wildman–Crippen MR) is 115 cm³/mol. The van der Waals surface area contributed by atoms with E-state index in [0.717, 1.165) is 0 Å². The molecule has 0 aliphatic carbocycles. The highest BCUT2D eigenvalue weighted by molar-refractivity contribution is 6.04. The molecule has 0 spiro atoms. The second-order valence-corrected chi connectivity index (χ2v) is 7.91. The maximum absolute atomic E-state index is 13.1. The number of carbonyl (C=O) groups excluding carboxylic acids is 2. The van der Waals surface area contributed by atoms with Crippen molar-refractivity contribution in [1.82, 2.24) is 20.3 Å². The number of pyridine rings is 1. The Hall–Kier alpha value is -3.72. The summed E-state index contributed by atoms with van der Waals surface area (Å²) in [5.74, 6) is -0.694. The van der Waals surface area contributed by atoms with E-state index in [-0.39, 0.29) is 35.9 Å². The summed E-state index contributed by atoms with van der Waals surface area (Å²) in [6, 6.07) is 2.01. The average molecular weight is 497 g/mol. The number of rotatable bonds is 7. The van der Waals surface area contributed by atoms with Gasteiger partial charge in [0.15, 0.2) is 11.6 Å². The van der Waals surface area contributed by atoms with Gasteiger partial charge in [-0.3, -0.25) is 15.0 Å². The molecule has 2 atom stereocenters. The van der Waals surface area contributed by atoms with Crippen LogP contribution in [-0.4, -0.2) is 88.3 Å². The monoisotopic (exact) mass is 497 g/mol. The summed E-state index contributed by atoms with van der Waals surface area (Å²) in [6.07, 6.45) is -2.55. The highest BCUT2D eigenvalue weighted by atomic mass is 19.4. The van der Waals surface area contributed by atoms with Gasteiger partial charge in [0.05, 0.1) is 30.7 Å². The van der Waals surface area contributed by atoms with Crippen LogP contribution >= 0.6 is 0 Å². The molecule has 2 aromatic rings. The lowest BCUT2D eigenvalue weighted by molar-refractivity contribution is -0.123. The van der Waals surface area contributed by atoms with Crippen LogP contribution in [0.5, 0.6) is 5.88 Å². The van der Waals surface area contributed by atoms with Crippen LogP contribution < -0.4 is 25.2 Å². The molecule has 2 aliphatic heterocycles. The zero-order chi connectivity index (χ0) is 25.2. The Morgan fingerprint density at radius 2 is 2.06 bits per heavy atom. The molecule has 12 nitrogen and oxygen atoms in total. The van der Waals surface area contributed by atoms with Crippen LogP contribution in [0, 0.1) is 0 Å². The van der Waals surface area contributed by atoms with Crippen molar-refractivity contribution < 1.29 is 37.7 Å². The van der Waals surface area contributed by atoms with E-state index < -0.39 is 37.4 Å². The normalized spacial score (nSPS) is 17.6. The first-order chi connectivity index (χ1) is 16.6. The zero-order valence-electron chi connectivity index (χ0n) is 18.2. The van der Waals surface area contributed by atoms with E-state index in [1.54, 1.807) is 11.4 Å². The van der Waals surface area contributed by atoms with Crippen molar-refractivity contribution in [2.24, 2.45) is 0 Å². The van der Waals surface area contributed by atoms with E-state index >= 15 is 0 Å². The molecule has 0 radical (unpaired) electrons. The minimum atomic E-state index is -4.57. The van der Waals surface area contributed by atoms with Gasteiger partial charge in [0, 0.05) is 13.1 Å². The van der Waals surface area contributed by atoms with Crippen LogP contribution in [0.25, 0.3) is 0 Å². The minimum Gasteiger partial charge on any atom is -0.474 e. The fraction of sp³-hybridized carbons (Fsp3) is 0.450. The number of hydrogen-bond donors (Lipinski definition) is 4. The van der Waals surface area contributed by atoms with Gasteiger partial charge in [-0.15, -0.1) is 0 Å². The topological polar surface area (TPSA) is 153 Å². The SMILES string of the molecule is O=C(NCC(F)(F)F)c1ccc2c(n1)N(C(=O)Nc1cnc(OCC(O)CO)cn1)[C@H]1CCN2C1. The first kappa shape index (κ1) is 24.4. The van der Waals surface area contributed by atoms with E-state index in [4.69, 9.17) is 9.84 Å². The number of fused-ring (bicyclic) bond motifs is 4. The molecule has 4 heterocycles. The third-order valence-electron chi connectivity index (χ3n) is 5.35. The van der Waals surface area contributed by atoms with Crippen LogP contribution in [-0.2, 0) is 0 Å². The molecule has 188 valence electrons. The number of halogens is 3. The van der Waals surface area contributed by atoms with Gasteiger partial charge in [0.25, 0.3) is 5.91 Å². The standard InChI is InChI=1S/C20H22F3N7O5/c21-20(22,23)10-26-18(33)13-1-2-14-17(27-13)30(11-3-4-29(14)7-11)19(34)28-15-5-25-16(6-24-15)35-9-12(32)8-31/h1-2,5-6,11-12,31-32H,3-4,7-10H2,(H,26,33)(H,24,28,34)/t11-,12?/m0/s1. The van der Waals surface area contributed by atoms with Gasteiger partial charge >= 0.3 is 12.2 Å². The van der Waals surface area contributed by atoms with Gasteiger partial charge < -0.3 is 25.2 Å². The number of urea groups is 1. The number of nitrogens with zero attached hydrogens (tertiary/aromatic N) is 5. The first-order valence-electron chi connectivity index (χ1n) is 10.6. The Bertz CT molecular complexity index is 1090. The molecular weight excluding hydrogens is 475 g/mol. The molecular formula is C20H22F3N7O5. The van der Waals surface area contributed by atoms with E-state index in [2.05, 4.69) is 20.3 Å². The molecule has 2 bridgehead atoms. The zero-order valence-corrected chi connectivity index (χ0v) is 18.2. The molecule has 35 heavy (non-hydrogen) atoms. The lowest BCUT2D eigenvalue weighted by atomic mass is 10.1. The van der Waals surface area contributed by atoms with Crippen LogP contribution in [0.4, 0.5) is 35.3 Å². The van der Waals surface area contributed by atoms with Crippen LogP contribution in [0.2, 0.25) is 0 Å². The van der Waals surface area contributed by atoms with Gasteiger partial charge in [-0.2, -0.15) is 13.2 Å². The minimum absolute atomic E-state index is 0.0708. The fourth-order valence-corrected chi connectivity index (χ4v) is 3.73. The van der Waals surface area contributed by atoms with Crippen molar-refractivity contribution in [3.63, 3.8) is 0 Å². The maximum atomic E-state index is 13.1. The number of anilines is 3. The third kappa shape index (κ3) is 5.68. The molecule has 2 aromatic heterocycles. The predicted octanol–water partition coefficient (Wildman–Crippen LogP) is 0.526. The summed E-state index contributed by atoms with van der Waals surface area (Å²) in [7, 11) is 0. The van der Waals surface area contributed by atoms with Crippen molar-refractivity contribution in [2.45, 2.75) is 24.7 Å². The average Bonchev–Trinajstić information content (AvgIpc) is 3.25. The number of alkyl halides is 3. The molecule has 1 saturated heterocycles. The molecule has 3 amide bonds. The summed E-state index contributed by atoms with van der Waals surface area (Å²) in [5.41, 5.74) is 0.332. The Kier molecular flexibility index (Phi) is 6.88. The van der Waals surface area contributed by atoms with Crippen LogP contribution in [0.1, 0.15) is 16.9 Å².